The van der Waals surface area contributed by atoms with E-state index in [2.05, 4.69) is 35.1 Å². The third-order valence-corrected chi connectivity index (χ3v) is 7.37. The normalized spacial score (nSPS) is 12.4. The van der Waals surface area contributed by atoms with Gasteiger partial charge < -0.3 is 50.7 Å². The number of hydrogen-bond donors (Lipinski definition) is 5. The molecule has 15 nitrogen and oxygen atoms in total. The van der Waals surface area contributed by atoms with Crippen molar-refractivity contribution >= 4 is 35.4 Å². The Labute approximate surface area is 302 Å². The molecule has 15 heteroatoms. The number of carbonyl (C=O) groups excluding carboxylic acids is 5. The second-order valence-electron chi connectivity index (χ2n) is 13.1. The third-order valence-electron chi connectivity index (χ3n) is 7.37. The van der Waals surface area contributed by atoms with Gasteiger partial charge >= 0.3 is 12.0 Å². The number of amides is 5. The van der Waals surface area contributed by atoms with Gasteiger partial charge in [-0.15, -0.1) is 0 Å². The summed E-state index contributed by atoms with van der Waals surface area (Å²) in [5.74, 6) is -1.60. The number of hydrogen-bond acceptors (Lipinski definition) is 10. The van der Waals surface area contributed by atoms with Crippen LogP contribution in [-0.2, 0) is 49.5 Å². The van der Waals surface area contributed by atoms with E-state index in [1.54, 1.807) is 52.0 Å². The third kappa shape index (κ3) is 22.6. The first-order valence-corrected chi connectivity index (χ1v) is 17.8. The highest BCUT2D eigenvalue weighted by atomic mass is 16.6. The summed E-state index contributed by atoms with van der Waals surface area (Å²) in [6.07, 6.45) is 1.60. The van der Waals surface area contributed by atoms with Crippen molar-refractivity contribution < 1.29 is 47.7 Å². The molecule has 0 fully saturated rings. The topological polar surface area (TPSA) is 206 Å². The highest BCUT2D eigenvalue weighted by Gasteiger charge is 2.29. The summed E-state index contributed by atoms with van der Waals surface area (Å²) in [5, 5.41) is 10.8. The Morgan fingerprint density at radius 2 is 1.27 bits per heavy atom. The van der Waals surface area contributed by atoms with Gasteiger partial charge in [-0.3, -0.25) is 19.2 Å². The van der Waals surface area contributed by atoms with E-state index in [0.29, 0.717) is 57.7 Å². The Morgan fingerprint density at radius 1 is 0.706 bits per heavy atom. The van der Waals surface area contributed by atoms with Gasteiger partial charge in [-0.05, 0) is 48.8 Å². The van der Waals surface area contributed by atoms with Gasteiger partial charge in [-0.25, -0.2) is 4.79 Å². The number of benzene rings is 1. The van der Waals surface area contributed by atoms with Crippen molar-refractivity contribution in [1.29, 1.82) is 0 Å². The first-order chi connectivity index (χ1) is 24.3. The second kappa shape index (κ2) is 26.9. The molecule has 1 aromatic carbocycles. The van der Waals surface area contributed by atoms with Gasteiger partial charge in [0.15, 0.2) is 0 Å². The molecule has 51 heavy (non-hydrogen) atoms. The minimum atomic E-state index is -0.978. The molecule has 0 aliphatic rings. The quantitative estimate of drug-likeness (QED) is 0.0632. The molecule has 2 unspecified atom stereocenters. The summed E-state index contributed by atoms with van der Waals surface area (Å²) in [4.78, 5) is 62.2. The van der Waals surface area contributed by atoms with Gasteiger partial charge in [-0.1, -0.05) is 53.7 Å². The van der Waals surface area contributed by atoms with E-state index in [9.17, 15) is 24.0 Å². The van der Waals surface area contributed by atoms with Crippen molar-refractivity contribution in [3.05, 3.63) is 29.8 Å². The second-order valence-corrected chi connectivity index (χ2v) is 13.1. The highest BCUT2D eigenvalue weighted by molar-refractivity contribution is 5.98. The smallest absolute Gasteiger partial charge is 0.312 e. The standard InChI is InChI=1S/C36H61N5O10/c1-25(2)13-16-47-18-20-49-22-23-50-21-19-48-17-14-31(42)41-32(26(3)4)34(44)40-30(8-7-15-38-36(37)46)33(43)39-29-11-9-28(10-12-29)24-51-35(45)27(5)6/h9-12,25-27,30,32H,7-8,13-24H2,1-6H3,(H,39,43)(H,40,44)(H,41,42)(H3,37,38,46). The van der Waals surface area contributed by atoms with Gasteiger partial charge in [0, 0.05) is 25.3 Å². The Bertz CT molecular complexity index is 1160. The largest absolute Gasteiger partial charge is 0.461 e. The molecule has 6 N–H and O–H groups in total. The first kappa shape index (κ1) is 45.2. The molecular weight excluding hydrogens is 662 g/mol. The average molecular weight is 724 g/mol. The van der Waals surface area contributed by atoms with Crippen molar-refractivity contribution in [2.24, 2.45) is 23.5 Å². The van der Waals surface area contributed by atoms with Gasteiger partial charge in [0.25, 0.3) is 0 Å². The summed E-state index contributed by atoms with van der Waals surface area (Å²) in [5.41, 5.74) is 6.36. The lowest BCUT2D eigenvalue weighted by Gasteiger charge is -2.25. The minimum absolute atomic E-state index is 0.0335. The van der Waals surface area contributed by atoms with Crippen LogP contribution in [0.15, 0.2) is 24.3 Å². The Morgan fingerprint density at radius 3 is 1.80 bits per heavy atom. The molecule has 0 bridgehead atoms. The lowest BCUT2D eigenvalue weighted by molar-refractivity contribution is -0.148. The molecule has 0 aromatic heterocycles. The molecule has 0 heterocycles. The zero-order valence-electron chi connectivity index (χ0n) is 31.3. The fraction of sp³-hybridized carbons (Fsp3) is 0.694. The van der Waals surface area contributed by atoms with Crippen molar-refractivity contribution in [3.8, 4) is 0 Å². The molecule has 0 aliphatic heterocycles. The van der Waals surface area contributed by atoms with E-state index in [1.165, 1.54) is 0 Å². The number of anilines is 1. The van der Waals surface area contributed by atoms with Gasteiger partial charge in [0.05, 0.1) is 52.2 Å². The monoisotopic (exact) mass is 723 g/mol. The number of nitrogens with two attached hydrogens (primary N) is 1. The Balaban J connectivity index is 2.54. The zero-order valence-corrected chi connectivity index (χ0v) is 31.3. The van der Waals surface area contributed by atoms with Crippen LogP contribution in [0.5, 0.6) is 0 Å². The number of carbonyl (C=O) groups is 5. The molecule has 5 amide bonds. The summed E-state index contributed by atoms with van der Waals surface area (Å²) >= 11 is 0. The Kier molecular flexibility index (Phi) is 23.9. The van der Waals surface area contributed by atoms with Gasteiger partial charge in [-0.2, -0.15) is 0 Å². The average Bonchev–Trinajstić information content (AvgIpc) is 3.07. The maximum absolute atomic E-state index is 13.4. The molecule has 0 saturated carbocycles. The molecule has 1 aromatic rings. The fourth-order valence-electron chi connectivity index (χ4n) is 4.31. The van der Waals surface area contributed by atoms with Gasteiger partial charge in [0.2, 0.25) is 17.7 Å². The molecule has 0 aliphatic carbocycles. The SMILES string of the molecule is CC(C)CCOCCOCCOCCOCCC(=O)NC(C(=O)NC(CCCNC(N)=O)C(=O)Nc1ccc(COC(=O)C(C)C)cc1)C(C)C. The maximum atomic E-state index is 13.4. The van der Waals surface area contributed by atoms with Crippen LogP contribution in [0.25, 0.3) is 0 Å². The molecule has 0 radical (unpaired) electrons. The Hall–Kier alpha value is -3.79. The molecule has 290 valence electrons. The summed E-state index contributed by atoms with van der Waals surface area (Å²) in [6, 6.07) is 4.18. The van der Waals surface area contributed by atoms with Crippen LogP contribution in [0.3, 0.4) is 0 Å². The summed E-state index contributed by atoms with van der Waals surface area (Å²) in [7, 11) is 0. The lowest BCUT2D eigenvalue weighted by Crippen LogP contribution is -2.54. The predicted octanol–water partition coefficient (Wildman–Crippen LogP) is 2.90. The van der Waals surface area contributed by atoms with E-state index < -0.39 is 29.9 Å². The maximum Gasteiger partial charge on any atom is 0.312 e. The molecule has 1 rings (SSSR count). The fourth-order valence-corrected chi connectivity index (χ4v) is 4.31. The molecule has 2 atom stereocenters. The van der Waals surface area contributed by atoms with Crippen LogP contribution < -0.4 is 27.0 Å². The van der Waals surface area contributed by atoms with E-state index in [-0.39, 0.29) is 56.3 Å². The number of ether oxygens (including phenoxy) is 5. The van der Waals surface area contributed by atoms with Crippen LogP contribution in [-0.4, -0.2) is 101 Å². The number of esters is 1. The van der Waals surface area contributed by atoms with E-state index >= 15 is 0 Å². The number of rotatable bonds is 28. The molecule has 0 spiro atoms. The lowest BCUT2D eigenvalue weighted by atomic mass is 10.0. The van der Waals surface area contributed by atoms with Crippen LogP contribution in [0, 0.1) is 17.8 Å². The van der Waals surface area contributed by atoms with Crippen molar-refractivity contribution in [1.82, 2.24) is 16.0 Å². The molecule has 0 saturated heterocycles. The van der Waals surface area contributed by atoms with Gasteiger partial charge in [0.1, 0.15) is 18.7 Å². The van der Waals surface area contributed by atoms with Crippen LogP contribution in [0.1, 0.15) is 72.8 Å². The zero-order chi connectivity index (χ0) is 38.0. The van der Waals surface area contributed by atoms with E-state index in [4.69, 9.17) is 29.4 Å². The number of urea groups is 1. The van der Waals surface area contributed by atoms with Crippen LogP contribution in [0.4, 0.5) is 10.5 Å². The number of primary amides is 1. The van der Waals surface area contributed by atoms with E-state index in [1.807, 2.05) is 0 Å². The highest BCUT2D eigenvalue weighted by Crippen LogP contribution is 2.13. The van der Waals surface area contributed by atoms with Crippen molar-refractivity contribution in [3.63, 3.8) is 0 Å². The summed E-state index contributed by atoms with van der Waals surface area (Å²) < 4.78 is 27.2. The van der Waals surface area contributed by atoms with Crippen LogP contribution >= 0.6 is 0 Å². The molecular formula is C36H61N5O10. The number of nitrogens with one attached hydrogen (secondary N) is 4. The minimum Gasteiger partial charge on any atom is -0.461 e. The van der Waals surface area contributed by atoms with E-state index in [0.717, 1.165) is 18.6 Å². The van der Waals surface area contributed by atoms with Crippen LogP contribution in [0.2, 0.25) is 0 Å². The predicted molar refractivity (Wildman–Crippen MR) is 193 cm³/mol. The summed E-state index contributed by atoms with van der Waals surface area (Å²) in [6.45, 7) is 15.2. The first-order valence-electron chi connectivity index (χ1n) is 17.8. The van der Waals surface area contributed by atoms with Crippen molar-refractivity contribution in [2.75, 3.05) is 64.7 Å². The van der Waals surface area contributed by atoms with Crippen molar-refractivity contribution in [2.45, 2.75) is 85.9 Å².